The zero-order chi connectivity index (χ0) is 15.0. The van der Waals surface area contributed by atoms with Crippen molar-refractivity contribution in [2.75, 3.05) is 5.88 Å². The lowest BCUT2D eigenvalue weighted by molar-refractivity contribution is 0.627. The van der Waals surface area contributed by atoms with Crippen LogP contribution in [0.4, 0.5) is 4.39 Å². The van der Waals surface area contributed by atoms with Gasteiger partial charge in [-0.25, -0.2) is 9.37 Å². The molecule has 3 rings (SSSR count). The number of aromatic nitrogens is 2. The highest BCUT2D eigenvalue weighted by atomic mass is 35.5. The number of aryl methyl sites for hydroxylation is 2. The summed E-state index contributed by atoms with van der Waals surface area (Å²) in [7, 11) is 0. The molecule has 0 aliphatic carbocycles. The SMILES string of the molecule is Cc1cccc2c1nc(CCCl)n2-c1ccc(Cl)c(F)c1. The third-order valence-corrected chi connectivity index (χ3v) is 3.93. The van der Waals surface area contributed by atoms with Gasteiger partial charge in [-0.15, -0.1) is 11.6 Å². The van der Waals surface area contributed by atoms with E-state index in [0.29, 0.717) is 18.0 Å². The Hall–Kier alpha value is -1.58. The third-order valence-electron chi connectivity index (χ3n) is 3.44. The maximum atomic E-state index is 13.8. The van der Waals surface area contributed by atoms with Crippen molar-refractivity contribution in [3.63, 3.8) is 0 Å². The average molecular weight is 323 g/mol. The molecule has 0 saturated carbocycles. The minimum absolute atomic E-state index is 0.109. The molecule has 0 saturated heterocycles. The van der Waals surface area contributed by atoms with Crippen molar-refractivity contribution < 1.29 is 4.39 Å². The van der Waals surface area contributed by atoms with Crippen LogP contribution in [0.3, 0.4) is 0 Å². The average Bonchev–Trinajstić information content (AvgIpc) is 2.82. The Kier molecular flexibility index (Phi) is 3.87. The highest BCUT2D eigenvalue weighted by Gasteiger charge is 2.14. The Bertz CT molecular complexity index is 811. The van der Waals surface area contributed by atoms with E-state index in [9.17, 15) is 4.39 Å². The topological polar surface area (TPSA) is 17.8 Å². The second-order valence-electron chi connectivity index (χ2n) is 4.84. The normalized spacial score (nSPS) is 11.2. The zero-order valence-electron chi connectivity index (χ0n) is 11.4. The molecular weight excluding hydrogens is 310 g/mol. The molecule has 2 nitrogen and oxygen atoms in total. The van der Waals surface area contributed by atoms with Crippen LogP contribution in [-0.4, -0.2) is 15.4 Å². The number of nitrogens with zero attached hydrogens (tertiary/aromatic N) is 2. The molecule has 5 heteroatoms. The number of hydrogen-bond acceptors (Lipinski definition) is 1. The molecule has 0 radical (unpaired) electrons. The molecule has 21 heavy (non-hydrogen) atoms. The van der Waals surface area contributed by atoms with Gasteiger partial charge in [0, 0.05) is 12.3 Å². The van der Waals surface area contributed by atoms with Crippen LogP contribution in [0.5, 0.6) is 0 Å². The van der Waals surface area contributed by atoms with Gasteiger partial charge in [-0.2, -0.15) is 0 Å². The van der Waals surface area contributed by atoms with Gasteiger partial charge in [0.2, 0.25) is 0 Å². The summed E-state index contributed by atoms with van der Waals surface area (Å²) >= 11 is 11.6. The molecular formula is C16H13Cl2FN2. The van der Waals surface area contributed by atoms with Crippen LogP contribution < -0.4 is 0 Å². The summed E-state index contributed by atoms with van der Waals surface area (Å²) < 4.78 is 15.7. The van der Waals surface area contributed by atoms with Gasteiger partial charge in [0.05, 0.1) is 21.7 Å². The first-order valence-electron chi connectivity index (χ1n) is 6.60. The van der Waals surface area contributed by atoms with Crippen LogP contribution >= 0.6 is 23.2 Å². The summed E-state index contributed by atoms with van der Waals surface area (Å²) in [6.07, 6.45) is 0.611. The number of halogens is 3. The van der Waals surface area contributed by atoms with Gasteiger partial charge >= 0.3 is 0 Å². The van der Waals surface area contributed by atoms with Crippen molar-refractivity contribution in [2.24, 2.45) is 0 Å². The maximum Gasteiger partial charge on any atom is 0.143 e. The quantitative estimate of drug-likeness (QED) is 0.626. The van der Waals surface area contributed by atoms with Crippen LogP contribution in [0.2, 0.25) is 5.02 Å². The smallest absolute Gasteiger partial charge is 0.143 e. The fourth-order valence-corrected chi connectivity index (χ4v) is 2.74. The molecule has 108 valence electrons. The highest BCUT2D eigenvalue weighted by molar-refractivity contribution is 6.30. The monoisotopic (exact) mass is 322 g/mol. The summed E-state index contributed by atoms with van der Waals surface area (Å²) in [4.78, 5) is 4.65. The Labute approximate surface area is 132 Å². The maximum absolute atomic E-state index is 13.8. The number of imidazole rings is 1. The lowest BCUT2D eigenvalue weighted by Crippen LogP contribution is -2.02. The highest BCUT2D eigenvalue weighted by Crippen LogP contribution is 2.26. The molecule has 0 aliphatic rings. The summed E-state index contributed by atoms with van der Waals surface area (Å²) in [6.45, 7) is 2.01. The first-order chi connectivity index (χ1) is 10.1. The predicted molar refractivity (Wildman–Crippen MR) is 85.2 cm³/mol. The van der Waals surface area contributed by atoms with Gasteiger partial charge in [-0.1, -0.05) is 23.7 Å². The van der Waals surface area contributed by atoms with Crippen molar-refractivity contribution in [3.8, 4) is 5.69 Å². The third kappa shape index (κ3) is 2.52. The number of alkyl halides is 1. The van der Waals surface area contributed by atoms with Crippen LogP contribution in [0, 0.1) is 12.7 Å². The molecule has 0 spiro atoms. The van der Waals surface area contributed by atoms with E-state index in [4.69, 9.17) is 23.2 Å². The number of para-hydroxylation sites is 1. The van der Waals surface area contributed by atoms with Gasteiger partial charge < -0.3 is 0 Å². The Morgan fingerprint density at radius 2 is 2.05 bits per heavy atom. The lowest BCUT2D eigenvalue weighted by Gasteiger charge is -2.09. The fraction of sp³-hybridized carbons (Fsp3) is 0.188. The largest absolute Gasteiger partial charge is 0.296 e. The molecule has 0 aliphatic heterocycles. The van der Waals surface area contributed by atoms with Crippen molar-refractivity contribution in [1.29, 1.82) is 0 Å². The number of hydrogen-bond donors (Lipinski definition) is 0. The Balaban J connectivity index is 2.30. The Morgan fingerprint density at radius 3 is 2.76 bits per heavy atom. The summed E-state index contributed by atoms with van der Waals surface area (Å²) in [5.74, 6) is 0.829. The van der Waals surface area contributed by atoms with Crippen LogP contribution in [-0.2, 0) is 6.42 Å². The lowest BCUT2D eigenvalue weighted by atomic mass is 10.2. The fourth-order valence-electron chi connectivity index (χ4n) is 2.45. The van der Waals surface area contributed by atoms with E-state index in [1.807, 2.05) is 29.7 Å². The number of rotatable bonds is 3. The van der Waals surface area contributed by atoms with Crippen LogP contribution in [0.15, 0.2) is 36.4 Å². The van der Waals surface area contributed by atoms with Crippen molar-refractivity contribution in [1.82, 2.24) is 9.55 Å². The van der Waals surface area contributed by atoms with Gasteiger partial charge in [0.15, 0.2) is 0 Å². The summed E-state index contributed by atoms with van der Waals surface area (Å²) in [5, 5.41) is 0.109. The van der Waals surface area contributed by atoms with Crippen LogP contribution in [0.1, 0.15) is 11.4 Å². The van der Waals surface area contributed by atoms with E-state index in [1.54, 1.807) is 12.1 Å². The van der Waals surface area contributed by atoms with Gasteiger partial charge in [-0.05, 0) is 36.8 Å². The summed E-state index contributed by atoms with van der Waals surface area (Å²) in [5.41, 5.74) is 3.63. The number of benzene rings is 2. The molecule has 1 aromatic heterocycles. The van der Waals surface area contributed by atoms with Gasteiger partial charge in [0.25, 0.3) is 0 Å². The van der Waals surface area contributed by atoms with E-state index in [0.717, 1.165) is 22.4 Å². The standard InChI is InChI=1S/C16H13Cl2FN2/c1-10-3-2-4-14-16(10)20-15(7-8-17)21(14)11-5-6-12(18)13(19)9-11/h2-6,9H,7-8H2,1H3. The molecule has 3 aromatic rings. The van der Waals surface area contributed by atoms with Gasteiger partial charge in [-0.3, -0.25) is 4.57 Å². The number of fused-ring (bicyclic) bond motifs is 1. The molecule has 0 atom stereocenters. The van der Waals surface area contributed by atoms with E-state index in [1.165, 1.54) is 6.07 Å². The first kappa shape index (κ1) is 14.4. The minimum atomic E-state index is -0.444. The molecule has 0 fully saturated rings. The van der Waals surface area contributed by atoms with Crippen molar-refractivity contribution >= 4 is 34.2 Å². The predicted octanol–water partition coefficient (Wildman–Crippen LogP) is 4.91. The van der Waals surface area contributed by atoms with Gasteiger partial charge in [0.1, 0.15) is 11.6 Å². The summed E-state index contributed by atoms with van der Waals surface area (Å²) in [6, 6.07) is 10.7. The second-order valence-corrected chi connectivity index (χ2v) is 5.63. The molecule has 1 heterocycles. The second kappa shape index (κ2) is 5.66. The zero-order valence-corrected chi connectivity index (χ0v) is 12.9. The molecule has 0 unspecified atom stereocenters. The van der Waals surface area contributed by atoms with Crippen LogP contribution in [0.25, 0.3) is 16.7 Å². The molecule has 2 aromatic carbocycles. The van der Waals surface area contributed by atoms with Crippen molar-refractivity contribution in [3.05, 3.63) is 58.6 Å². The van der Waals surface area contributed by atoms with E-state index < -0.39 is 5.82 Å². The molecule has 0 amide bonds. The molecule has 0 N–H and O–H groups in total. The van der Waals surface area contributed by atoms with E-state index in [2.05, 4.69) is 4.98 Å². The molecule has 0 bridgehead atoms. The minimum Gasteiger partial charge on any atom is -0.296 e. The van der Waals surface area contributed by atoms with Crippen molar-refractivity contribution in [2.45, 2.75) is 13.3 Å². The van der Waals surface area contributed by atoms with E-state index >= 15 is 0 Å². The van der Waals surface area contributed by atoms with E-state index in [-0.39, 0.29) is 5.02 Å². The Morgan fingerprint density at radius 1 is 1.24 bits per heavy atom. The first-order valence-corrected chi connectivity index (χ1v) is 7.51.